The van der Waals surface area contributed by atoms with Crippen LogP contribution in [0.2, 0.25) is 0 Å². The number of thioether (sulfide) groups is 1. The van der Waals surface area contributed by atoms with Crippen molar-refractivity contribution in [2.24, 2.45) is 0 Å². The van der Waals surface area contributed by atoms with Gasteiger partial charge in [0.1, 0.15) is 5.39 Å². The summed E-state index contributed by atoms with van der Waals surface area (Å²) in [5, 5.41) is 8.55. The molecule has 2 aromatic heterocycles. The molecule has 1 aromatic carbocycles. The van der Waals surface area contributed by atoms with E-state index in [9.17, 15) is 9.59 Å². The molecule has 1 fully saturated rings. The second kappa shape index (κ2) is 9.66. The molecule has 1 amide bonds. The van der Waals surface area contributed by atoms with E-state index in [4.69, 9.17) is 9.72 Å². The Morgan fingerprint density at radius 1 is 1.30 bits per heavy atom. The minimum absolute atomic E-state index is 0.0297. The third kappa shape index (κ3) is 4.68. The Hall–Kier alpha value is -2.69. The molecule has 1 N–H and O–H groups in total. The number of hydrogen-bond acceptors (Lipinski definition) is 7. The molecule has 2 aliphatic heterocycles. The van der Waals surface area contributed by atoms with Crippen LogP contribution in [0.25, 0.3) is 16.7 Å². The fourth-order valence-electron chi connectivity index (χ4n) is 4.37. The van der Waals surface area contributed by atoms with Crippen molar-refractivity contribution in [3.05, 3.63) is 46.4 Å². The number of carbonyl (C=O) groups excluding carboxylic acids is 1. The molecule has 3 aromatic rings. The van der Waals surface area contributed by atoms with Crippen molar-refractivity contribution in [1.29, 1.82) is 0 Å². The Morgan fingerprint density at radius 2 is 2.15 bits per heavy atom. The van der Waals surface area contributed by atoms with Crippen LogP contribution in [0.5, 0.6) is 0 Å². The summed E-state index contributed by atoms with van der Waals surface area (Å²) in [5.74, 6) is 0.631. The fraction of sp³-hybridized carbons (Fsp3) is 0.478. The number of morpholine rings is 1. The number of fused-ring (bicyclic) bond motifs is 2. The van der Waals surface area contributed by atoms with Gasteiger partial charge in [-0.2, -0.15) is 5.10 Å². The Bertz CT molecular complexity index is 1220. The fourth-order valence-corrected chi connectivity index (χ4v) is 5.50. The predicted molar refractivity (Wildman–Crippen MR) is 127 cm³/mol. The first-order chi connectivity index (χ1) is 16.1. The van der Waals surface area contributed by atoms with E-state index in [0.29, 0.717) is 28.5 Å². The Kier molecular flexibility index (Phi) is 6.48. The van der Waals surface area contributed by atoms with Crippen LogP contribution in [0, 0.1) is 6.92 Å². The molecule has 1 saturated heterocycles. The Morgan fingerprint density at radius 3 is 2.97 bits per heavy atom. The molecule has 4 heterocycles. The van der Waals surface area contributed by atoms with Gasteiger partial charge in [0.15, 0.2) is 10.8 Å². The number of aromatic nitrogens is 4. The zero-order valence-corrected chi connectivity index (χ0v) is 19.5. The number of aryl methyl sites for hydroxylation is 1. The number of nitrogens with zero attached hydrogens (tertiary/aromatic N) is 5. The van der Waals surface area contributed by atoms with Crippen molar-refractivity contribution in [3.63, 3.8) is 0 Å². The molecule has 0 aliphatic carbocycles. The average molecular weight is 469 g/mol. The van der Waals surface area contributed by atoms with E-state index < -0.39 is 0 Å². The molecule has 174 valence electrons. The van der Waals surface area contributed by atoms with E-state index in [1.807, 2.05) is 31.2 Å². The van der Waals surface area contributed by atoms with Crippen LogP contribution in [0.3, 0.4) is 0 Å². The third-order valence-corrected chi connectivity index (χ3v) is 7.21. The maximum Gasteiger partial charge on any atom is 0.265 e. The third-order valence-electron chi connectivity index (χ3n) is 6.11. The topological polar surface area (TPSA) is 94.3 Å². The molecule has 5 rings (SSSR count). The van der Waals surface area contributed by atoms with Crippen LogP contribution in [0.1, 0.15) is 24.4 Å². The standard InChI is InChI=1S/C23H28N6O3S/c1-16-4-2-5-17(12-16)29-21-19(14-25-29)22(31)28-18(15-33-23(28)26-21)13-20(30)24-6-3-7-27-8-10-32-11-9-27/h2,4-5,12,14,18H,3,6-11,13,15H2,1H3,(H,24,30). The number of ether oxygens (including phenoxy) is 1. The van der Waals surface area contributed by atoms with Crippen LogP contribution in [-0.2, 0) is 9.53 Å². The summed E-state index contributed by atoms with van der Waals surface area (Å²) in [5.41, 5.74) is 2.40. The number of rotatable bonds is 7. The second-order valence-electron chi connectivity index (χ2n) is 8.53. The first-order valence-corrected chi connectivity index (χ1v) is 12.4. The predicted octanol–water partition coefficient (Wildman–Crippen LogP) is 1.77. The lowest BCUT2D eigenvalue weighted by molar-refractivity contribution is -0.121. The maximum absolute atomic E-state index is 13.3. The summed E-state index contributed by atoms with van der Waals surface area (Å²) in [4.78, 5) is 32.9. The lowest BCUT2D eigenvalue weighted by atomic mass is 10.2. The van der Waals surface area contributed by atoms with Crippen LogP contribution < -0.4 is 10.9 Å². The molecule has 10 heteroatoms. The van der Waals surface area contributed by atoms with Crippen LogP contribution in [0.15, 0.2) is 40.4 Å². The van der Waals surface area contributed by atoms with Gasteiger partial charge in [-0.05, 0) is 37.6 Å². The van der Waals surface area contributed by atoms with Gasteiger partial charge in [0.25, 0.3) is 5.56 Å². The summed E-state index contributed by atoms with van der Waals surface area (Å²) in [7, 11) is 0. The zero-order valence-electron chi connectivity index (χ0n) is 18.7. The zero-order chi connectivity index (χ0) is 22.8. The van der Waals surface area contributed by atoms with Crippen molar-refractivity contribution in [2.75, 3.05) is 45.1 Å². The van der Waals surface area contributed by atoms with Crippen molar-refractivity contribution in [3.8, 4) is 5.69 Å². The molecule has 0 spiro atoms. The molecule has 9 nitrogen and oxygen atoms in total. The molecule has 0 radical (unpaired) electrons. The highest BCUT2D eigenvalue weighted by molar-refractivity contribution is 7.99. The second-order valence-corrected chi connectivity index (χ2v) is 9.52. The van der Waals surface area contributed by atoms with Gasteiger partial charge in [-0.15, -0.1) is 0 Å². The van der Waals surface area contributed by atoms with Gasteiger partial charge in [0.2, 0.25) is 5.91 Å². The SMILES string of the molecule is Cc1cccc(-n2ncc3c(=O)n4c(nc32)SCC4CC(=O)NCCCN2CCOCC2)c1. The van der Waals surface area contributed by atoms with Gasteiger partial charge >= 0.3 is 0 Å². The first-order valence-electron chi connectivity index (χ1n) is 11.4. The van der Waals surface area contributed by atoms with Crippen LogP contribution in [-0.4, -0.2) is 75.3 Å². The monoisotopic (exact) mass is 468 g/mol. The van der Waals surface area contributed by atoms with E-state index >= 15 is 0 Å². The van der Waals surface area contributed by atoms with E-state index in [2.05, 4.69) is 15.3 Å². The minimum Gasteiger partial charge on any atom is -0.379 e. The number of hydrogen-bond donors (Lipinski definition) is 1. The van der Waals surface area contributed by atoms with Gasteiger partial charge in [-0.1, -0.05) is 23.9 Å². The smallest absolute Gasteiger partial charge is 0.265 e. The van der Waals surface area contributed by atoms with E-state index in [0.717, 1.165) is 50.5 Å². The molecular formula is C23H28N6O3S. The summed E-state index contributed by atoms with van der Waals surface area (Å²) >= 11 is 1.52. The van der Waals surface area contributed by atoms with Gasteiger partial charge < -0.3 is 10.1 Å². The molecule has 1 atom stereocenters. The molecule has 0 bridgehead atoms. The summed E-state index contributed by atoms with van der Waals surface area (Å²) in [6, 6.07) is 7.74. The number of carbonyl (C=O) groups is 1. The van der Waals surface area contributed by atoms with Crippen molar-refractivity contribution in [1.82, 2.24) is 29.5 Å². The maximum atomic E-state index is 13.3. The van der Waals surface area contributed by atoms with E-state index in [1.54, 1.807) is 15.4 Å². The average Bonchev–Trinajstić information content (AvgIpc) is 3.42. The normalized spacial score (nSPS) is 18.5. The molecular weight excluding hydrogens is 440 g/mol. The van der Waals surface area contributed by atoms with E-state index in [-0.39, 0.29) is 23.9 Å². The Labute approximate surface area is 196 Å². The van der Waals surface area contributed by atoms with Gasteiger partial charge in [-0.25, -0.2) is 9.67 Å². The minimum atomic E-state index is -0.198. The molecule has 2 aliphatic rings. The summed E-state index contributed by atoms with van der Waals surface area (Å²) < 4.78 is 8.74. The van der Waals surface area contributed by atoms with E-state index in [1.165, 1.54) is 11.8 Å². The highest BCUT2D eigenvalue weighted by Gasteiger charge is 2.29. The van der Waals surface area contributed by atoms with Crippen LogP contribution in [0.4, 0.5) is 0 Å². The summed E-state index contributed by atoms with van der Waals surface area (Å²) in [6.07, 6.45) is 2.75. The van der Waals surface area contributed by atoms with Crippen molar-refractivity contribution < 1.29 is 9.53 Å². The van der Waals surface area contributed by atoms with Crippen LogP contribution >= 0.6 is 11.8 Å². The van der Waals surface area contributed by atoms with Crippen molar-refractivity contribution in [2.45, 2.75) is 31.0 Å². The number of amides is 1. The Balaban J connectivity index is 1.26. The number of nitrogens with one attached hydrogen (secondary N) is 1. The lowest BCUT2D eigenvalue weighted by Gasteiger charge is -2.26. The molecule has 0 saturated carbocycles. The highest BCUT2D eigenvalue weighted by atomic mass is 32.2. The summed E-state index contributed by atoms with van der Waals surface area (Å²) in [6.45, 7) is 7.08. The first kappa shape index (κ1) is 22.1. The quantitative estimate of drug-likeness (QED) is 0.417. The highest BCUT2D eigenvalue weighted by Crippen LogP contribution is 2.33. The van der Waals surface area contributed by atoms with Gasteiger partial charge in [0.05, 0.1) is 31.1 Å². The van der Waals surface area contributed by atoms with Gasteiger partial charge in [-0.3, -0.25) is 19.1 Å². The van der Waals surface area contributed by atoms with Crippen molar-refractivity contribution >= 4 is 28.7 Å². The lowest BCUT2D eigenvalue weighted by Crippen LogP contribution is -2.38. The van der Waals surface area contributed by atoms with Gasteiger partial charge in [0, 0.05) is 31.8 Å². The number of benzene rings is 1. The molecule has 1 unspecified atom stereocenters. The molecule has 33 heavy (non-hydrogen) atoms. The largest absolute Gasteiger partial charge is 0.379 e.